The second-order valence-corrected chi connectivity index (χ2v) is 10.7. The van der Waals surface area contributed by atoms with Gasteiger partial charge in [0, 0.05) is 47.5 Å². The Kier molecular flexibility index (Phi) is 6.02. The Morgan fingerprint density at radius 3 is 2.48 bits per heavy atom. The van der Waals surface area contributed by atoms with Gasteiger partial charge < -0.3 is 15.2 Å². The Bertz CT molecular complexity index is 1090. The molecule has 1 aromatic heterocycles. The number of carbonyl (C=O) groups is 1. The number of benzene rings is 2. The number of hydrogen-bond acceptors (Lipinski definition) is 4. The second kappa shape index (κ2) is 8.58. The maximum atomic E-state index is 11.7. The number of nitrogens with zero attached hydrogens (tertiary/aromatic N) is 3. The zero-order valence-electron chi connectivity index (χ0n) is 18.9. The molecule has 0 aliphatic carbocycles. The fourth-order valence-corrected chi connectivity index (χ4v) is 5.25. The third-order valence-electron chi connectivity index (χ3n) is 5.98. The highest BCUT2D eigenvalue weighted by atomic mass is 32.2. The molecule has 2 heterocycles. The van der Waals surface area contributed by atoms with E-state index in [9.17, 15) is 4.79 Å². The fraction of sp³-hybridized carbons (Fsp3) is 0.440. The largest absolute Gasteiger partial charge is 0.399 e. The molecule has 1 amide bonds. The lowest BCUT2D eigenvalue weighted by molar-refractivity contribution is -0.130. The Morgan fingerprint density at radius 1 is 1.13 bits per heavy atom. The van der Waals surface area contributed by atoms with Crippen molar-refractivity contribution < 1.29 is 4.79 Å². The lowest BCUT2D eigenvalue weighted by Gasteiger charge is -2.32. The number of hydrogen-bond donors (Lipinski definition) is 1. The van der Waals surface area contributed by atoms with Crippen molar-refractivity contribution in [3.05, 3.63) is 48.3 Å². The Labute approximate surface area is 189 Å². The molecule has 2 N–H and O–H groups in total. The van der Waals surface area contributed by atoms with Gasteiger partial charge in [0.25, 0.3) is 0 Å². The van der Waals surface area contributed by atoms with Crippen molar-refractivity contribution in [2.45, 2.75) is 62.3 Å². The lowest BCUT2D eigenvalue weighted by atomic mass is 9.93. The summed E-state index contributed by atoms with van der Waals surface area (Å²) in [5, 5.41) is 0. The number of imidazole rings is 1. The number of piperidine rings is 1. The molecule has 1 fully saturated rings. The quantitative estimate of drug-likeness (QED) is 0.562. The van der Waals surface area contributed by atoms with Gasteiger partial charge in [-0.3, -0.25) is 4.79 Å². The van der Waals surface area contributed by atoms with Crippen LogP contribution in [0.5, 0.6) is 0 Å². The fourth-order valence-electron chi connectivity index (χ4n) is 4.33. The van der Waals surface area contributed by atoms with Crippen molar-refractivity contribution in [3.8, 4) is 0 Å². The van der Waals surface area contributed by atoms with E-state index in [0.29, 0.717) is 5.92 Å². The van der Waals surface area contributed by atoms with Crippen molar-refractivity contribution in [2.24, 2.45) is 5.92 Å². The minimum Gasteiger partial charge on any atom is -0.399 e. The normalized spacial score (nSPS) is 15.5. The minimum absolute atomic E-state index is 0.0414. The number of amides is 1. The standard InChI is InChI=1S/C25H32N4OS/c1-17(30)28-12-10-18(11-13-28)16-29-23-9-8-21(31-20-7-5-6-19(26)14-20)15-22(23)27-24(29)25(2,3)4/h5-9,14-15,18H,10-13,16,26H2,1-4H3. The van der Waals surface area contributed by atoms with E-state index < -0.39 is 0 Å². The van der Waals surface area contributed by atoms with Crippen molar-refractivity contribution in [1.29, 1.82) is 0 Å². The zero-order valence-corrected chi connectivity index (χ0v) is 19.7. The number of nitrogen functional groups attached to an aromatic ring is 1. The Hall–Kier alpha value is -2.47. The first-order valence-electron chi connectivity index (χ1n) is 11.0. The van der Waals surface area contributed by atoms with E-state index in [4.69, 9.17) is 10.7 Å². The topological polar surface area (TPSA) is 64.2 Å². The smallest absolute Gasteiger partial charge is 0.219 e. The van der Waals surface area contributed by atoms with Gasteiger partial charge in [0.1, 0.15) is 5.82 Å². The summed E-state index contributed by atoms with van der Waals surface area (Å²) in [6.07, 6.45) is 2.10. The van der Waals surface area contributed by atoms with Gasteiger partial charge in [-0.2, -0.15) is 0 Å². The van der Waals surface area contributed by atoms with Crippen LogP contribution in [0.15, 0.2) is 52.3 Å². The van der Waals surface area contributed by atoms with Crippen LogP contribution < -0.4 is 5.73 Å². The summed E-state index contributed by atoms with van der Waals surface area (Å²) in [5.74, 6) is 1.88. The molecule has 4 rings (SSSR count). The number of fused-ring (bicyclic) bond motifs is 1. The maximum Gasteiger partial charge on any atom is 0.219 e. The minimum atomic E-state index is -0.0414. The summed E-state index contributed by atoms with van der Waals surface area (Å²) in [6, 6.07) is 14.5. The van der Waals surface area contributed by atoms with E-state index in [1.54, 1.807) is 18.7 Å². The van der Waals surface area contributed by atoms with E-state index in [-0.39, 0.29) is 11.3 Å². The number of likely N-dealkylation sites (tertiary alicyclic amines) is 1. The van der Waals surface area contributed by atoms with Crippen molar-refractivity contribution in [1.82, 2.24) is 14.5 Å². The predicted molar refractivity (Wildman–Crippen MR) is 128 cm³/mol. The summed E-state index contributed by atoms with van der Waals surface area (Å²) in [6.45, 7) is 11.0. The van der Waals surface area contributed by atoms with E-state index in [0.717, 1.165) is 59.3 Å². The van der Waals surface area contributed by atoms with Crippen LogP contribution in [0.4, 0.5) is 5.69 Å². The van der Waals surface area contributed by atoms with Crippen LogP contribution in [0.1, 0.15) is 46.4 Å². The molecule has 0 radical (unpaired) electrons. The second-order valence-electron chi connectivity index (χ2n) is 9.57. The molecule has 0 saturated carbocycles. The van der Waals surface area contributed by atoms with Gasteiger partial charge in [-0.25, -0.2) is 4.98 Å². The highest BCUT2D eigenvalue weighted by Gasteiger charge is 2.27. The molecule has 5 nitrogen and oxygen atoms in total. The molecule has 1 saturated heterocycles. The summed E-state index contributed by atoms with van der Waals surface area (Å²) < 4.78 is 2.42. The van der Waals surface area contributed by atoms with Crippen LogP contribution >= 0.6 is 11.8 Å². The zero-order chi connectivity index (χ0) is 22.2. The average molecular weight is 437 g/mol. The molecule has 0 unspecified atom stereocenters. The van der Waals surface area contributed by atoms with Crippen LogP contribution in [0.3, 0.4) is 0 Å². The van der Waals surface area contributed by atoms with E-state index >= 15 is 0 Å². The summed E-state index contributed by atoms with van der Waals surface area (Å²) in [5.41, 5.74) is 8.91. The predicted octanol–water partition coefficient (Wildman–Crippen LogP) is 5.33. The van der Waals surface area contributed by atoms with Gasteiger partial charge >= 0.3 is 0 Å². The molecule has 164 valence electrons. The van der Waals surface area contributed by atoms with Crippen LogP contribution in [0.2, 0.25) is 0 Å². The van der Waals surface area contributed by atoms with E-state index in [2.05, 4.69) is 49.6 Å². The number of rotatable bonds is 4. The Balaban J connectivity index is 1.62. The van der Waals surface area contributed by atoms with Gasteiger partial charge in [-0.05, 0) is 55.2 Å². The molecule has 1 aliphatic heterocycles. The number of nitrogens with two attached hydrogens (primary N) is 1. The molecule has 0 atom stereocenters. The van der Waals surface area contributed by atoms with Crippen LogP contribution in [0, 0.1) is 5.92 Å². The molecule has 6 heteroatoms. The van der Waals surface area contributed by atoms with Gasteiger partial charge in [0.2, 0.25) is 5.91 Å². The van der Waals surface area contributed by atoms with Gasteiger partial charge in [0.05, 0.1) is 11.0 Å². The van der Waals surface area contributed by atoms with Crippen LogP contribution in [0.25, 0.3) is 11.0 Å². The molecule has 0 bridgehead atoms. The molecule has 1 aliphatic rings. The summed E-state index contributed by atoms with van der Waals surface area (Å²) >= 11 is 1.71. The summed E-state index contributed by atoms with van der Waals surface area (Å²) in [4.78, 5) is 21.0. The molecule has 31 heavy (non-hydrogen) atoms. The number of anilines is 1. The first-order chi connectivity index (χ1) is 14.7. The highest BCUT2D eigenvalue weighted by molar-refractivity contribution is 7.99. The van der Waals surface area contributed by atoms with E-state index in [1.807, 2.05) is 23.1 Å². The van der Waals surface area contributed by atoms with Crippen molar-refractivity contribution in [3.63, 3.8) is 0 Å². The third kappa shape index (κ3) is 4.90. The molecule has 2 aromatic carbocycles. The number of aromatic nitrogens is 2. The first kappa shape index (κ1) is 21.8. The van der Waals surface area contributed by atoms with Gasteiger partial charge in [0.15, 0.2) is 0 Å². The highest BCUT2D eigenvalue weighted by Crippen LogP contribution is 2.34. The molecule has 3 aromatic rings. The average Bonchev–Trinajstić information content (AvgIpc) is 3.06. The first-order valence-corrected chi connectivity index (χ1v) is 11.8. The van der Waals surface area contributed by atoms with Gasteiger partial charge in [-0.15, -0.1) is 0 Å². The summed E-state index contributed by atoms with van der Waals surface area (Å²) in [7, 11) is 0. The SMILES string of the molecule is CC(=O)N1CCC(Cn2c(C(C)(C)C)nc3cc(Sc4cccc(N)c4)ccc32)CC1. The molecular formula is C25H32N4OS. The van der Waals surface area contributed by atoms with Crippen LogP contribution in [-0.4, -0.2) is 33.4 Å². The lowest BCUT2D eigenvalue weighted by Crippen LogP contribution is -2.38. The third-order valence-corrected chi connectivity index (χ3v) is 6.96. The number of carbonyl (C=O) groups excluding carboxylic acids is 1. The van der Waals surface area contributed by atoms with E-state index in [1.165, 1.54) is 5.52 Å². The maximum absolute atomic E-state index is 11.7. The molecular weight excluding hydrogens is 404 g/mol. The van der Waals surface area contributed by atoms with Crippen molar-refractivity contribution >= 4 is 34.4 Å². The van der Waals surface area contributed by atoms with Gasteiger partial charge in [-0.1, -0.05) is 38.6 Å². The van der Waals surface area contributed by atoms with Crippen LogP contribution in [-0.2, 0) is 16.8 Å². The monoisotopic (exact) mass is 436 g/mol. The molecule has 0 spiro atoms. The Morgan fingerprint density at radius 2 is 1.84 bits per heavy atom. The van der Waals surface area contributed by atoms with Crippen molar-refractivity contribution in [2.75, 3.05) is 18.8 Å².